The fourth-order valence-corrected chi connectivity index (χ4v) is 8.55. The minimum absolute atomic E-state index is 0.0420. The molecule has 4 aliphatic rings. The van der Waals surface area contributed by atoms with Crippen LogP contribution in [-0.2, 0) is 15.0 Å². The Bertz CT molecular complexity index is 1370. The van der Waals surface area contributed by atoms with Gasteiger partial charge in [0.1, 0.15) is 11.2 Å². The number of anilines is 1. The summed E-state index contributed by atoms with van der Waals surface area (Å²) in [6.45, 7) is 4.61. The summed E-state index contributed by atoms with van der Waals surface area (Å²) in [6.07, 6.45) is 6.22. The predicted octanol–water partition coefficient (Wildman–Crippen LogP) is 6.08. The highest BCUT2D eigenvalue weighted by atomic mass is 35.5. The van der Waals surface area contributed by atoms with Gasteiger partial charge in [-0.2, -0.15) is 0 Å². The molecule has 3 atom stereocenters. The van der Waals surface area contributed by atoms with Crippen LogP contribution in [0.2, 0.25) is 10.0 Å². The molecule has 2 aliphatic heterocycles. The Balaban J connectivity index is 1.51. The zero-order chi connectivity index (χ0) is 29.2. The maximum Gasteiger partial charge on any atom is 0.238 e. The number of aliphatic hydroxyl groups is 1. The van der Waals surface area contributed by atoms with E-state index in [1.165, 1.54) is 6.07 Å². The van der Waals surface area contributed by atoms with Crippen molar-refractivity contribution in [3.8, 4) is 0 Å². The van der Waals surface area contributed by atoms with Gasteiger partial charge in [-0.25, -0.2) is 4.39 Å². The molecule has 0 unspecified atom stereocenters. The molecule has 2 amide bonds. The zero-order valence-electron chi connectivity index (χ0n) is 23.5. The van der Waals surface area contributed by atoms with Gasteiger partial charge in [0.25, 0.3) is 0 Å². The van der Waals surface area contributed by atoms with Gasteiger partial charge in [-0.1, -0.05) is 55.2 Å². The van der Waals surface area contributed by atoms with Crippen LogP contribution in [0.3, 0.4) is 0 Å². The molecule has 0 bridgehead atoms. The Morgan fingerprint density at radius 1 is 1.07 bits per heavy atom. The minimum Gasteiger partial charge on any atom is -0.396 e. The Morgan fingerprint density at radius 2 is 1.78 bits per heavy atom. The Labute approximate surface area is 250 Å². The summed E-state index contributed by atoms with van der Waals surface area (Å²) in [5, 5.41) is 20.0. The maximum absolute atomic E-state index is 16.0. The van der Waals surface area contributed by atoms with Crippen LogP contribution < -0.4 is 16.0 Å². The number of aliphatic hydroxyl groups excluding tert-OH is 1. The Hall–Kier alpha value is -2.19. The third kappa shape index (κ3) is 4.59. The molecule has 2 aromatic rings. The molecule has 2 aromatic carbocycles. The van der Waals surface area contributed by atoms with Crippen LogP contribution in [0.15, 0.2) is 36.4 Å². The van der Waals surface area contributed by atoms with E-state index >= 15 is 4.39 Å². The van der Waals surface area contributed by atoms with Crippen molar-refractivity contribution in [1.29, 1.82) is 0 Å². The molecule has 2 aliphatic carbocycles. The van der Waals surface area contributed by atoms with Crippen LogP contribution in [0.4, 0.5) is 10.1 Å². The number of hydrogen-bond donors (Lipinski definition) is 4. The van der Waals surface area contributed by atoms with Crippen LogP contribution in [0.25, 0.3) is 0 Å². The number of amides is 2. The van der Waals surface area contributed by atoms with Crippen molar-refractivity contribution in [2.75, 3.05) is 11.9 Å². The third-order valence-corrected chi connectivity index (χ3v) is 11.0. The van der Waals surface area contributed by atoms with Gasteiger partial charge >= 0.3 is 0 Å². The lowest BCUT2D eigenvalue weighted by atomic mass is 9.53. The second-order valence-corrected chi connectivity index (χ2v) is 14.2. The molecule has 9 heteroatoms. The predicted molar refractivity (Wildman–Crippen MR) is 159 cm³/mol. The first kappa shape index (κ1) is 28.9. The average Bonchev–Trinajstić information content (AvgIpc) is 3.40. The van der Waals surface area contributed by atoms with Crippen molar-refractivity contribution < 1.29 is 19.1 Å². The van der Waals surface area contributed by atoms with Crippen LogP contribution in [0.1, 0.15) is 82.3 Å². The lowest BCUT2D eigenvalue weighted by molar-refractivity contribution is -0.125. The first-order chi connectivity index (χ1) is 19.5. The van der Waals surface area contributed by atoms with E-state index in [-0.39, 0.29) is 46.4 Å². The van der Waals surface area contributed by atoms with E-state index in [1.807, 2.05) is 6.07 Å². The molecule has 41 heavy (non-hydrogen) atoms. The molecular formula is C32H38Cl2FN3O3. The molecule has 6 rings (SSSR count). The van der Waals surface area contributed by atoms with Crippen LogP contribution in [0, 0.1) is 17.2 Å². The second-order valence-electron chi connectivity index (χ2n) is 13.3. The SMILES string of the molecule is CC1(C)CCC2(CC1)N[C@@H](C(=O)NC1CCC(CO)CC1)[C@H](c1cccc(Cl)c1F)[C@]21C(=O)Nc2cc(Cl)ccc21. The highest BCUT2D eigenvalue weighted by Crippen LogP contribution is 2.64. The van der Waals surface area contributed by atoms with E-state index < -0.39 is 28.7 Å². The molecule has 1 saturated heterocycles. The van der Waals surface area contributed by atoms with Crippen molar-refractivity contribution in [3.63, 3.8) is 0 Å². The van der Waals surface area contributed by atoms with Crippen molar-refractivity contribution in [1.82, 2.24) is 10.6 Å². The van der Waals surface area contributed by atoms with Gasteiger partial charge in [0, 0.05) is 34.8 Å². The fraction of sp³-hybridized carbons (Fsp3) is 0.562. The van der Waals surface area contributed by atoms with Gasteiger partial charge in [0.15, 0.2) is 0 Å². The Morgan fingerprint density at radius 3 is 2.46 bits per heavy atom. The van der Waals surface area contributed by atoms with Gasteiger partial charge in [0.2, 0.25) is 11.8 Å². The third-order valence-electron chi connectivity index (χ3n) is 10.5. The lowest BCUT2D eigenvalue weighted by Crippen LogP contribution is -2.61. The van der Waals surface area contributed by atoms with E-state index in [1.54, 1.807) is 24.3 Å². The summed E-state index contributed by atoms with van der Waals surface area (Å²) in [5.74, 6) is -1.68. The molecule has 4 N–H and O–H groups in total. The summed E-state index contributed by atoms with van der Waals surface area (Å²) < 4.78 is 16.0. The molecule has 3 fully saturated rings. The van der Waals surface area contributed by atoms with Gasteiger partial charge < -0.3 is 15.7 Å². The maximum atomic E-state index is 16.0. The van der Waals surface area contributed by atoms with E-state index in [9.17, 15) is 14.7 Å². The van der Waals surface area contributed by atoms with Gasteiger partial charge in [-0.05, 0) is 92.0 Å². The number of fused-ring (bicyclic) bond motifs is 3. The van der Waals surface area contributed by atoms with Gasteiger partial charge in [-0.15, -0.1) is 0 Å². The fourth-order valence-electron chi connectivity index (χ4n) is 8.20. The van der Waals surface area contributed by atoms with Crippen LogP contribution in [-0.4, -0.2) is 41.2 Å². The lowest BCUT2D eigenvalue weighted by Gasteiger charge is -2.50. The van der Waals surface area contributed by atoms with E-state index in [0.29, 0.717) is 23.6 Å². The molecular weight excluding hydrogens is 564 g/mol. The van der Waals surface area contributed by atoms with Crippen molar-refractivity contribution in [3.05, 3.63) is 63.4 Å². The monoisotopic (exact) mass is 601 g/mol. The topological polar surface area (TPSA) is 90.5 Å². The number of carbonyl (C=O) groups excluding carboxylic acids is 2. The summed E-state index contributed by atoms with van der Waals surface area (Å²) in [5.41, 5.74) is -0.373. The molecule has 0 aromatic heterocycles. The summed E-state index contributed by atoms with van der Waals surface area (Å²) in [6, 6.07) is 9.30. The number of rotatable bonds is 4. The number of hydrogen-bond acceptors (Lipinski definition) is 4. The average molecular weight is 603 g/mol. The number of halogens is 3. The smallest absolute Gasteiger partial charge is 0.238 e. The first-order valence-corrected chi connectivity index (χ1v) is 15.5. The summed E-state index contributed by atoms with van der Waals surface area (Å²) in [4.78, 5) is 28.8. The molecule has 2 heterocycles. The molecule has 220 valence electrons. The Kier molecular flexibility index (Phi) is 7.41. The van der Waals surface area contributed by atoms with Gasteiger partial charge in [-0.3, -0.25) is 14.9 Å². The van der Waals surface area contributed by atoms with Gasteiger partial charge in [0.05, 0.1) is 11.1 Å². The number of benzene rings is 2. The minimum atomic E-state index is -1.26. The van der Waals surface area contributed by atoms with E-state index in [0.717, 1.165) is 44.1 Å². The van der Waals surface area contributed by atoms with Crippen molar-refractivity contribution >= 4 is 40.7 Å². The van der Waals surface area contributed by atoms with Crippen LogP contribution in [0.5, 0.6) is 0 Å². The van der Waals surface area contributed by atoms with Crippen molar-refractivity contribution in [2.45, 2.75) is 94.2 Å². The number of carbonyl (C=O) groups is 2. The van der Waals surface area contributed by atoms with E-state index in [4.69, 9.17) is 23.2 Å². The van der Waals surface area contributed by atoms with E-state index in [2.05, 4.69) is 29.8 Å². The first-order valence-electron chi connectivity index (χ1n) is 14.8. The molecule has 2 saturated carbocycles. The van der Waals surface area contributed by atoms with Crippen molar-refractivity contribution in [2.24, 2.45) is 11.3 Å². The quantitative estimate of drug-likeness (QED) is 0.341. The standard InChI is InChI=1S/C32H38Cl2FN3O3/c1-30(2)12-14-31(15-13-30)32(22-11-8-19(33)16-24(22)37-29(32)41)25(21-4-3-5-23(34)26(21)35)27(38-31)28(40)36-20-9-6-18(17-39)7-10-20/h3-5,8,11,16,18,20,25,27,38-39H,6-7,9-10,12-15,17H2,1-2H3,(H,36,40)(H,37,41)/t18?,20?,25-,27+,32+/m0/s1. The summed E-state index contributed by atoms with van der Waals surface area (Å²) in [7, 11) is 0. The van der Waals surface area contributed by atoms with Crippen LogP contribution >= 0.6 is 23.2 Å². The zero-order valence-corrected chi connectivity index (χ0v) is 25.0. The highest BCUT2D eigenvalue weighted by molar-refractivity contribution is 6.31. The highest BCUT2D eigenvalue weighted by Gasteiger charge is 2.73. The molecule has 0 radical (unpaired) electrons. The normalized spacial score (nSPS) is 31.7. The molecule has 6 nitrogen and oxygen atoms in total. The largest absolute Gasteiger partial charge is 0.396 e. The molecule has 2 spiro atoms. The second kappa shape index (κ2) is 10.5. The number of nitrogens with one attached hydrogen (secondary N) is 3. The summed E-state index contributed by atoms with van der Waals surface area (Å²) >= 11 is 12.7.